The Bertz CT molecular complexity index is 390. The second-order valence-corrected chi connectivity index (χ2v) is 6.01. The number of hydrogen-bond donors (Lipinski definition) is 1. The first-order valence-electron chi connectivity index (χ1n) is 6.26. The number of halogens is 2. The molecule has 0 saturated heterocycles. The molecule has 0 aliphatic heterocycles. The van der Waals surface area contributed by atoms with Crippen LogP contribution in [-0.4, -0.2) is 12.1 Å². The molecule has 1 aromatic carbocycles. The largest absolute Gasteiger partial charge is 0.311 e. The van der Waals surface area contributed by atoms with E-state index < -0.39 is 0 Å². The minimum atomic E-state index is -0.189. The summed E-state index contributed by atoms with van der Waals surface area (Å²) in [6.45, 7) is 4.48. The van der Waals surface area contributed by atoms with Crippen LogP contribution >= 0.6 is 15.9 Å². The number of hydrogen-bond acceptors (Lipinski definition) is 1. The van der Waals surface area contributed by atoms with Crippen molar-refractivity contribution in [1.82, 2.24) is 5.32 Å². The second kappa shape index (κ2) is 5.49. The smallest absolute Gasteiger partial charge is 0.137 e. The van der Waals surface area contributed by atoms with Gasteiger partial charge in [-0.3, -0.25) is 0 Å². The third-order valence-electron chi connectivity index (χ3n) is 3.47. The highest BCUT2D eigenvalue weighted by molar-refractivity contribution is 9.10. The quantitative estimate of drug-likeness (QED) is 0.869. The van der Waals surface area contributed by atoms with Gasteiger partial charge in [-0.2, -0.15) is 0 Å². The molecular formula is C14H19BrFN. The summed E-state index contributed by atoms with van der Waals surface area (Å²) in [4.78, 5) is 0. The van der Waals surface area contributed by atoms with Gasteiger partial charge in [-0.1, -0.05) is 13.0 Å². The maximum atomic E-state index is 13.1. The van der Waals surface area contributed by atoms with E-state index in [0.717, 1.165) is 12.5 Å². The third kappa shape index (κ3) is 3.78. The fourth-order valence-electron chi connectivity index (χ4n) is 2.00. The molecule has 1 aromatic rings. The van der Waals surface area contributed by atoms with E-state index in [-0.39, 0.29) is 5.82 Å². The van der Waals surface area contributed by atoms with Crippen LogP contribution in [0.4, 0.5) is 4.39 Å². The SMILES string of the molecule is CC(Cc1ccc(F)c(Br)c1)C(C)NC1CC1. The van der Waals surface area contributed by atoms with Crippen LogP contribution in [0, 0.1) is 11.7 Å². The molecule has 1 saturated carbocycles. The highest BCUT2D eigenvalue weighted by Gasteiger charge is 2.25. The van der Waals surface area contributed by atoms with E-state index in [9.17, 15) is 4.39 Å². The summed E-state index contributed by atoms with van der Waals surface area (Å²) in [6.07, 6.45) is 3.62. The van der Waals surface area contributed by atoms with Crippen LogP contribution in [0.1, 0.15) is 32.3 Å². The number of benzene rings is 1. The molecule has 2 rings (SSSR count). The van der Waals surface area contributed by atoms with Crippen molar-refractivity contribution >= 4 is 15.9 Å². The van der Waals surface area contributed by atoms with Crippen molar-refractivity contribution in [2.75, 3.05) is 0 Å². The van der Waals surface area contributed by atoms with Crippen molar-refractivity contribution in [1.29, 1.82) is 0 Å². The van der Waals surface area contributed by atoms with Crippen LogP contribution in [-0.2, 0) is 6.42 Å². The lowest BCUT2D eigenvalue weighted by atomic mass is 9.95. The Hall–Kier alpha value is -0.410. The van der Waals surface area contributed by atoms with E-state index in [4.69, 9.17) is 0 Å². The molecule has 2 atom stereocenters. The molecule has 0 aromatic heterocycles. The van der Waals surface area contributed by atoms with Crippen LogP contribution in [0.3, 0.4) is 0 Å². The molecule has 0 spiro atoms. The van der Waals surface area contributed by atoms with Crippen LogP contribution in [0.5, 0.6) is 0 Å². The van der Waals surface area contributed by atoms with Gasteiger partial charge in [-0.05, 0) is 65.7 Å². The Morgan fingerprint density at radius 2 is 2.12 bits per heavy atom. The first-order valence-corrected chi connectivity index (χ1v) is 7.05. The number of rotatable bonds is 5. The van der Waals surface area contributed by atoms with Gasteiger partial charge < -0.3 is 5.32 Å². The molecule has 1 fully saturated rings. The van der Waals surface area contributed by atoms with E-state index in [1.807, 2.05) is 12.1 Å². The Morgan fingerprint density at radius 3 is 2.71 bits per heavy atom. The molecule has 1 aliphatic carbocycles. The lowest BCUT2D eigenvalue weighted by Crippen LogP contribution is -2.34. The highest BCUT2D eigenvalue weighted by Crippen LogP contribution is 2.23. The van der Waals surface area contributed by atoms with Crippen LogP contribution in [0.2, 0.25) is 0 Å². The molecule has 1 nitrogen and oxygen atoms in total. The molecule has 0 heterocycles. The molecule has 0 radical (unpaired) electrons. The predicted octanol–water partition coefficient (Wildman–Crippen LogP) is 3.91. The summed E-state index contributed by atoms with van der Waals surface area (Å²) >= 11 is 3.23. The summed E-state index contributed by atoms with van der Waals surface area (Å²) in [5.41, 5.74) is 1.19. The summed E-state index contributed by atoms with van der Waals surface area (Å²) in [7, 11) is 0. The fraction of sp³-hybridized carbons (Fsp3) is 0.571. The van der Waals surface area contributed by atoms with Gasteiger partial charge in [0.15, 0.2) is 0 Å². The average molecular weight is 300 g/mol. The van der Waals surface area contributed by atoms with E-state index >= 15 is 0 Å². The lowest BCUT2D eigenvalue weighted by molar-refractivity contribution is 0.395. The zero-order valence-corrected chi connectivity index (χ0v) is 11.9. The van der Waals surface area contributed by atoms with Crippen LogP contribution < -0.4 is 5.32 Å². The monoisotopic (exact) mass is 299 g/mol. The topological polar surface area (TPSA) is 12.0 Å². The van der Waals surface area contributed by atoms with E-state index in [2.05, 4.69) is 35.1 Å². The van der Waals surface area contributed by atoms with Crippen molar-refractivity contribution < 1.29 is 4.39 Å². The van der Waals surface area contributed by atoms with Gasteiger partial charge >= 0.3 is 0 Å². The Kier molecular flexibility index (Phi) is 4.21. The summed E-state index contributed by atoms with van der Waals surface area (Å²) in [5.74, 6) is 0.374. The van der Waals surface area contributed by atoms with Gasteiger partial charge in [0, 0.05) is 12.1 Å². The van der Waals surface area contributed by atoms with Crippen molar-refractivity contribution in [3.8, 4) is 0 Å². The van der Waals surface area contributed by atoms with Crippen molar-refractivity contribution in [3.05, 3.63) is 34.1 Å². The molecule has 17 heavy (non-hydrogen) atoms. The lowest BCUT2D eigenvalue weighted by Gasteiger charge is -2.21. The molecule has 94 valence electrons. The van der Waals surface area contributed by atoms with Crippen molar-refractivity contribution in [2.45, 2.75) is 45.2 Å². The van der Waals surface area contributed by atoms with E-state index in [0.29, 0.717) is 16.4 Å². The Balaban J connectivity index is 1.91. The van der Waals surface area contributed by atoms with Crippen LogP contribution in [0.25, 0.3) is 0 Å². The summed E-state index contributed by atoms with van der Waals surface area (Å²) < 4.78 is 13.7. The van der Waals surface area contributed by atoms with E-state index in [1.54, 1.807) is 0 Å². The fourth-order valence-corrected chi connectivity index (χ4v) is 2.43. The summed E-state index contributed by atoms with van der Waals surface area (Å²) in [5, 5.41) is 3.61. The van der Waals surface area contributed by atoms with Crippen LogP contribution in [0.15, 0.2) is 22.7 Å². The minimum Gasteiger partial charge on any atom is -0.311 e. The molecule has 1 N–H and O–H groups in total. The standard InChI is InChI=1S/C14H19BrFN/c1-9(10(2)17-12-4-5-12)7-11-3-6-14(16)13(15)8-11/h3,6,8-10,12,17H,4-5,7H2,1-2H3. The molecule has 3 heteroatoms. The highest BCUT2D eigenvalue weighted by atomic mass is 79.9. The molecule has 1 aliphatic rings. The van der Waals surface area contributed by atoms with Gasteiger partial charge in [0.2, 0.25) is 0 Å². The first kappa shape index (κ1) is 13.0. The van der Waals surface area contributed by atoms with Crippen molar-refractivity contribution in [2.24, 2.45) is 5.92 Å². The predicted molar refractivity (Wildman–Crippen MR) is 72.6 cm³/mol. The van der Waals surface area contributed by atoms with Gasteiger partial charge in [0.05, 0.1) is 4.47 Å². The normalized spacial score (nSPS) is 19.1. The average Bonchev–Trinajstić information content (AvgIpc) is 3.07. The van der Waals surface area contributed by atoms with Gasteiger partial charge in [0.25, 0.3) is 0 Å². The summed E-state index contributed by atoms with van der Waals surface area (Å²) in [6, 6.07) is 6.56. The minimum absolute atomic E-state index is 0.189. The van der Waals surface area contributed by atoms with Gasteiger partial charge in [0.1, 0.15) is 5.82 Å². The maximum Gasteiger partial charge on any atom is 0.137 e. The molecule has 0 amide bonds. The van der Waals surface area contributed by atoms with Gasteiger partial charge in [-0.25, -0.2) is 4.39 Å². The molecule has 2 unspecified atom stereocenters. The van der Waals surface area contributed by atoms with E-state index in [1.165, 1.54) is 24.5 Å². The third-order valence-corrected chi connectivity index (χ3v) is 4.08. The number of nitrogens with one attached hydrogen (secondary N) is 1. The van der Waals surface area contributed by atoms with Gasteiger partial charge in [-0.15, -0.1) is 0 Å². The maximum absolute atomic E-state index is 13.1. The van der Waals surface area contributed by atoms with Crippen molar-refractivity contribution in [3.63, 3.8) is 0 Å². The molecule has 0 bridgehead atoms. The molecular weight excluding hydrogens is 281 g/mol. The Morgan fingerprint density at radius 1 is 1.41 bits per heavy atom. The first-order chi connectivity index (χ1) is 8.06. The second-order valence-electron chi connectivity index (χ2n) is 5.16. The zero-order chi connectivity index (χ0) is 12.4. The Labute approximate surface area is 111 Å². The zero-order valence-electron chi connectivity index (χ0n) is 10.3.